The minimum atomic E-state index is -0.235. The normalized spacial score (nSPS) is 13.5. The van der Waals surface area contributed by atoms with Gasteiger partial charge in [0.25, 0.3) is 5.91 Å². The number of nitrogens with zero attached hydrogens (tertiary/aromatic N) is 3. The first-order valence-electron chi connectivity index (χ1n) is 9.34. The fourth-order valence-electron chi connectivity index (χ4n) is 3.25. The number of benzene rings is 1. The van der Waals surface area contributed by atoms with Crippen molar-refractivity contribution in [2.45, 2.75) is 19.3 Å². The van der Waals surface area contributed by atoms with Crippen LogP contribution in [0.1, 0.15) is 28.9 Å². The summed E-state index contributed by atoms with van der Waals surface area (Å²) in [4.78, 5) is 36.0. The van der Waals surface area contributed by atoms with E-state index in [4.69, 9.17) is 11.6 Å². The topological polar surface area (TPSA) is 75.2 Å². The number of hydrogen-bond donors (Lipinski definition) is 1. The molecular formula is C21H19ClN4O2S. The lowest BCUT2D eigenvalue weighted by atomic mass is 10.1. The van der Waals surface area contributed by atoms with Gasteiger partial charge in [0.15, 0.2) is 0 Å². The number of anilines is 1. The van der Waals surface area contributed by atoms with Crippen LogP contribution in [0.5, 0.6) is 0 Å². The number of aromatic nitrogens is 2. The molecule has 6 nitrogen and oxygen atoms in total. The van der Waals surface area contributed by atoms with E-state index in [1.807, 2.05) is 23.6 Å². The van der Waals surface area contributed by atoms with Gasteiger partial charge in [0, 0.05) is 29.7 Å². The molecule has 0 spiro atoms. The highest BCUT2D eigenvalue weighted by Gasteiger charge is 2.23. The maximum absolute atomic E-state index is 12.8. The molecule has 1 saturated heterocycles. The molecule has 2 amide bonds. The van der Waals surface area contributed by atoms with Crippen LogP contribution in [0.2, 0.25) is 5.02 Å². The zero-order chi connectivity index (χ0) is 20.2. The summed E-state index contributed by atoms with van der Waals surface area (Å²) in [5.74, 6) is -0.341. The Morgan fingerprint density at radius 2 is 2.00 bits per heavy atom. The fraction of sp³-hybridized carbons (Fsp3) is 0.238. The van der Waals surface area contributed by atoms with Gasteiger partial charge in [0.2, 0.25) is 5.91 Å². The standard InChI is InChI=1S/C21H19ClN4O2S/c22-14-6-7-17(16(11-14)21(28)26-9-3-4-10-26)25-19(27)12-15-13-29-20(24-15)18-5-1-2-8-23-18/h1-2,5-8,11,13H,3-4,9-10,12H2,(H,25,27). The number of halogens is 1. The van der Waals surface area contributed by atoms with Crippen LogP contribution in [0.25, 0.3) is 10.7 Å². The molecule has 29 heavy (non-hydrogen) atoms. The number of nitrogens with one attached hydrogen (secondary N) is 1. The molecule has 0 bridgehead atoms. The molecule has 4 rings (SSSR count). The Morgan fingerprint density at radius 1 is 1.17 bits per heavy atom. The van der Waals surface area contributed by atoms with Crippen LogP contribution < -0.4 is 5.32 Å². The van der Waals surface area contributed by atoms with E-state index in [1.165, 1.54) is 11.3 Å². The molecule has 0 saturated carbocycles. The minimum absolute atomic E-state index is 0.105. The van der Waals surface area contributed by atoms with Crippen molar-refractivity contribution in [1.82, 2.24) is 14.9 Å². The number of thiazole rings is 1. The van der Waals surface area contributed by atoms with E-state index in [1.54, 1.807) is 29.3 Å². The van der Waals surface area contributed by atoms with Gasteiger partial charge in [-0.05, 0) is 43.2 Å². The van der Waals surface area contributed by atoms with Crippen molar-refractivity contribution in [2.75, 3.05) is 18.4 Å². The summed E-state index contributed by atoms with van der Waals surface area (Å²) in [6, 6.07) is 10.6. The van der Waals surface area contributed by atoms with Crippen LogP contribution in [-0.2, 0) is 11.2 Å². The lowest BCUT2D eigenvalue weighted by molar-refractivity contribution is -0.115. The smallest absolute Gasteiger partial charge is 0.256 e. The number of likely N-dealkylation sites (tertiary alicyclic amines) is 1. The van der Waals surface area contributed by atoms with Gasteiger partial charge in [-0.3, -0.25) is 14.6 Å². The first-order valence-corrected chi connectivity index (χ1v) is 10.6. The average molecular weight is 427 g/mol. The van der Waals surface area contributed by atoms with Gasteiger partial charge < -0.3 is 10.2 Å². The molecule has 0 unspecified atom stereocenters. The van der Waals surface area contributed by atoms with E-state index in [2.05, 4.69) is 15.3 Å². The van der Waals surface area contributed by atoms with Crippen LogP contribution in [-0.4, -0.2) is 39.8 Å². The molecule has 1 aliphatic rings. The summed E-state index contributed by atoms with van der Waals surface area (Å²) >= 11 is 7.54. The number of hydrogen-bond acceptors (Lipinski definition) is 5. The average Bonchev–Trinajstić information content (AvgIpc) is 3.42. The molecule has 1 aromatic carbocycles. The van der Waals surface area contributed by atoms with Crippen LogP contribution in [0.15, 0.2) is 48.0 Å². The molecule has 2 aromatic heterocycles. The summed E-state index contributed by atoms with van der Waals surface area (Å²) in [6.45, 7) is 1.46. The highest BCUT2D eigenvalue weighted by molar-refractivity contribution is 7.13. The fourth-order valence-corrected chi connectivity index (χ4v) is 4.21. The second-order valence-electron chi connectivity index (χ2n) is 6.77. The number of rotatable bonds is 5. The molecule has 3 aromatic rings. The number of pyridine rings is 1. The van der Waals surface area contributed by atoms with Crippen molar-refractivity contribution in [3.63, 3.8) is 0 Å². The predicted octanol–water partition coefficient (Wildman–Crippen LogP) is 4.28. The zero-order valence-electron chi connectivity index (χ0n) is 15.6. The minimum Gasteiger partial charge on any atom is -0.339 e. The van der Waals surface area contributed by atoms with E-state index >= 15 is 0 Å². The third kappa shape index (κ3) is 4.63. The Hall–Kier alpha value is -2.77. The largest absolute Gasteiger partial charge is 0.339 e. The van der Waals surface area contributed by atoms with Gasteiger partial charge in [-0.2, -0.15) is 0 Å². The Kier molecular flexibility index (Phi) is 5.87. The molecule has 0 atom stereocenters. The number of carbonyl (C=O) groups excluding carboxylic acids is 2. The maximum atomic E-state index is 12.8. The van der Waals surface area contributed by atoms with Gasteiger partial charge in [0.05, 0.1) is 29.1 Å². The Morgan fingerprint density at radius 3 is 2.76 bits per heavy atom. The van der Waals surface area contributed by atoms with Crippen molar-refractivity contribution in [3.05, 3.63) is 64.3 Å². The molecule has 0 radical (unpaired) electrons. The lowest BCUT2D eigenvalue weighted by Gasteiger charge is -2.18. The van der Waals surface area contributed by atoms with Crippen LogP contribution >= 0.6 is 22.9 Å². The third-order valence-electron chi connectivity index (χ3n) is 4.66. The maximum Gasteiger partial charge on any atom is 0.256 e. The van der Waals surface area contributed by atoms with Gasteiger partial charge in [-0.1, -0.05) is 17.7 Å². The first kappa shape index (κ1) is 19.5. The molecule has 3 heterocycles. The summed E-state index contributed by atoms with van der Waals surface area (Å²) in [6.07, 6.45) is 3.82. The Labute approximate surface area is 177 Å². The van der Waals surface area contributed by atoms with Gasteiger partial charge in [0.1, 0.15) is 5.01 Å². The lowest BCUT2D eigenvalue weighted by Crippen LogP contribution is -2.29. The first-order chi connectivity index (χ1) is 14.1. The monoisotopic (exact) mass is 426 g/mol. The second kappa shape index (κ2) is 8.71. The van der Waals surface area contributed by atoms with Crippen molar-refractivity contribution >= 4 is 40.4 Å². The summed E-state index contributed by atoms with van der Waals surface area (Å²) in [7, 11) is 0. The van der Waals surface area contributed by atoms with E-state index < -0.39 is 0 Å². The highest BCUT2D eigenvalue weighted by atomic mass is 35.5. The molecule has 0 aliphatic carbocycles. The number of carbonyl (C=O) groups is 2. The summed E-state index contributed by atoms with van der Waals surface area (Å²) in [5, 5.41) is 5.92. The van der Waals surface area contributed by atoms with Crippen LogP contribution in [0, 0.1) is 0 Å². The molecule has 148 valence electrons. The predicted molar refractivity (Wildman–Crippen MR) is 114 cm³/mol. The SMILES string of the molecule is O=C(Cc1csc(-c2ccccn2)n1)Nc1ccc(Cl)cc1C(=O)N1CCCC1. The number of amides is 2. The van der Waals surface area contributed by atoms with E-state index in [0.717, 1.165) is 36.6 Å². The van der Waals surface area contributed by atoms with Gasteiger partial charge in [-0.25, -0.2) is 4.98 Å². The van der Waals surface area contributed by atoms with Crippen molar-refractivity contribution in [1.29, 1.82) is 0 Å². The van der Waals surface area contributed by atoms with E-state index in [0.29, 0.717) is 22.0 Å². The molecular weight excluding hydrogens is 408 g/mol. The van der Waals surface area contributed by atoms with Crippen molar-refractivity contribution < 1.29 is 9.59 Å². The van der Waals surface area contributed by atoms with Crippen LogP contribution in [0.4, 0.5) is 5.69 Å². The molecule has 1 fully saturated rings. The van der Waals surface area contributed by atoms with E-state index in [-0.39, 0.29) is 18.2 Å². The Bertz CT molecular complexity index is 1030. The van der Waals surface area contributed by atoms with Gasteiger partial charge in [-0.15, -0.1) is 11.3 Å². The summed E-state index contributed by atoms with van der Waals surface area (Å²) in [5.41, 5.74) is 2.33. The quantitative estimate of drug-likeness (QED) is 0.660. The molecule has 1 aliphatic heterocycles. The Balaban J connectivity index is 1.47. The van der Waals surface area contributed by atoms with Crippen LogP contribution in [0.3, 0.4) is 0 Å². The van der Waals surface area contributed by atoms with E-state index in [9.17, 15) is 9.59 Å². The van der Waals surface area contributed by atoms with Crippen molar-refractivity contribution in [3.8, 4) is 10.7 Å². The molecule has 1 N–H and O–H groups in total. The van der Waals surface area contributed by atoms with Gasteiger partial charge >= 0.3 is 0 Å². The molecule has 8 heteroatoms. The third-order valence-corrected chi connectivity index (χ3v) is 5.81. The summed E-state index contributed by atoms with van der Waals surface area (Å²) < 4.78 is 0. The highest BCUT2D eigenvalue weighted by Crippen LogP contribution is 2.25. The zero-order valence-corrected chi connectivity index (χ0v) is 17.2. The van der Waals surface area contributed by atoms with Crippen molar-refractivity contribution in [2.24, 2.45) is 0 Å². The second-order valence-corrected chi connectivity index (χ2v) is 8.07.